The molecule has 0 aliphatic carbocycles. The highest BCUT2D eigenvalue weighted by Crippen LogP contribution is 2.19. The maximum atomic E-state index is 11.7. The molecule has 1 aromatic rings. The maximum absolute atomic E-state index is 11.7. The van der Waals surface area contributed by atoms with Crippen LogP contribution in [0.25, 0.3) is 0 Å². The maximum Gasteiger partial charge on any atom is 0.240 e. The van der Waals surface area contributed by atoms with Crippen LogP contribution in [0.4, 0.5) is 5.69 Å². The van der Waals surface area contributed by atoms with E-state index in [2.05, 4.69) is 5.32 Å². The molecule has 5 heteroatoms. The largest absolute Gasteiger partial charge is 0.494 e. The molecule has 0 aliphatic heterocycles. The van der Waals surface area contributed by atoms with Crippen molar-refractivity contribution < 1.29 is 14.3 Å². The molecule has 0 fully saturated rings. The first-order valence-electron chi connectivity index (χ1n) is 6.86. The smallest absolute Gasteiger partial charge is 0.240 e. The Bertz CT molecular complexity index is 443. The van der Waals surface area contributed by atoms with Crippen LogP contribution >= 0.6 is 0 Å². The molecule has 0 unspecified atom stereocenters. The van der Waals surface area contributed by atoms with Gasteiger partial charge >= 0.3 is 0 Å². The van der Waals surface area contributed by atoms with Crippen molar-refractivity contribution in [3.05, 3.63) is 24.3 Å². The number of ether oxygens (including phenoxy) is 1. The minimum Gasteiger partial charge on any atom is -0.494 e. The van der Waals surface area contributed by atoms with Gasteiger partial charge in [0.15, 0.2) is 0 Å². The lowest BCUT2D eigenvalue weighted by molar-refractivity contribution is -0.123. The Balaban J connectivity index is 2.75. The first kappa shape index (κ1) is 16.0. The zero-order valence-electron chi connectivity index (χ0n) is 12.3. The first-order valence-corrected chi connectivity index (χ1v) is 6.86. The highest BCUT2D eigenvalue weighted by atomic mass is 16.5. The van der Waals surface area contributed by atoms with Gasteiger partial charge in [-0.2, -0.15) is 0 Å². The summed E-state index contributed by atoms with van der Waals surface area (Å²) < 4.78 is 5.35. The van der Waals surface area contributed by atoms with E-state index in [0.717, 1.165) is 12.2 Å². The van der Waals surface area contributed by atoms with Gasteiger partial charge in [-0.15, -0.1) is 0 Å². The normalized spacial score (nSPS) is 9.95. The summed E-state index contributed by atoms with van der Waals surface area (Å²) in [5.41, 5.74) is 0.688. The Morgan fingerprint density at radius 3 is 2.35 bits per heavy atom. The predicted molar refractivity (Wildman–Crippen MR) is 78.9 cm³/mol. The molecule has 20 heavy (non-hydrogen) atoms. The predicted octanol–water partition coefficient (Wildman–Crippen LogP) is 1.96. The Hall–Kier alpha value is -2.04. The number of amides is 2. The van der Waals surface area contributed by atoms with Crippen molar-refractivity contribution in [3.8, 4) is 5.75 Å². The van der Waals surface area contributed by atoms with E-state index < -0.39 is 0 Å². The zero-order chi connectivity index (χ0) is 15.0. The molecule has 0 bridgehead atoms. The standard InChI is InChI=1S/C15H22N2O3/c1-4-10-16-15(19)11-17(12(3)18)13-6-8-14(9-7-13)20-5-2/h6-9H,4-5,10-11H2,1-3H3,(H,16,19). The molecule has 0 heterocycles. The van der Waals surface area contributed by atoms with Gasteiger partial charge in [0.2, 0.25) is 11.8 Å². The highest BCUT2D eigenvalue weighted by Gasteiger charge is 2.15. The van der Waals surface area contributed by atoms with Crippen LogP contribution in [0.15, 0.2) is 24.3 Å². The summed E-state index contributed by atoms with van der Waals surface area (Å²) in [4.78, 5) is 24.9. The third-order valence-corrected chi connectivity index (χ3v) is 2.71. The van der Waals surface area contributed by atoms with E-state index in [1.807, 2.05) is 13.8 Å². The third kappa shape index (κ3) is 4.91. The van der Waals surface area contributed by atoms with Crippen molar-refractivity contribution in [1.82, 2.24) is 5.32 Å². The fraction of sp³-hybridized carbons (Fsp3) is 0.467. The summed E-state index contributed by atoms with van der Waals surface area (Å²) in [6, 6.07) is 7.14. The van der Waals surface area contributed by atoms with Crippen LogP contribution in [-0.2, 0) is 9.59 Å². The number of carbonyl (C=O) groups excluding carboxylic acids is 2. The molecular weight excluding hydrogens is 256 g/mol. The highest BCUT2D eigenvalue weighted by molar-refractivity contribution is 5.97. The lowest BCUT2D eigenvalue weighted by Gasteiger charge is -2.21. The number of benzene rings is 1. The number of hydrogen-bond donors (Lipinski definition) is 1. The van der Waals surface area contributed by atoms with Crippen LogP contribution in [0, 0.1) is 0 Å². The average Bonchev–Trinajstić information content (AvgIpc) is 2.43. The SMILES string of the molecule is CCCNC(=O)CN(C(C)=O)c1ccc(OCC)cc1. The number of hydrogen-bond acceptors (Lipinski definition) is 3. The van der Waals surface area contributed by atoms with Crippen LogP contribution < -0.4 is 15.0 Å². The van der Waals surface area contributed by atoms with Crippen molar-refractivity contribution in [2.75, 3.05) is 24.6 Å². The number of nitrogens with zero attached hydrogens (tertiary/aromatic N) is 1. The quantitative estimate of drug-likeness (QED) is 0.829. The number of rotatable bonds is 7. The Morgan fingerprint density at radius 1 is 1.20 bits per heavy atom. The number of carbonyl (C=O) groups is 2. The van der Waals surface area contributed by atoms with Gasteiger partial charge < -0.3 is 15.0 Å². The summed E-state index contributed by atoms with van der Waals surface area (Å²) in [5.74, 6) is 0.423. The van der Waals surface area contributed by atoms with Crippen LogP contribution in [0.1, 0.15) is 27.2 Å². The molecule has 0 radical (unpaired) electrons. The van der Waals surface area contributed by atoms with E-state index in [-0.39, 0.29) is 18.4 Å². The molecule has 0 aliphatic rings. The third-order valence-electron chi connectivity index (χ3n) is 2.71. The minimum absolute atomic E-state index is 0.0311. The van der Waals surface area contributed by atoms with Gasteiger partial charge in [-0.05, 0) is 37.6 Å². The van der Waals surface area contributed by atoms with E-state index in [4.69, 9.17) is 4.74 Å². The van der Waals surface area contributed by atoms with Crippen molar-refractivity contribution >= 4 is 17.5 Å². The Morgan fingerprint density at radius 2 is 1.85 bits per heavy atom. The van der Waals surface area contributed by atoms with Crippen molar-refractivity contribution in [3.63, 3.8) is 0 Å². The summed E-state index contributed by atoms with van der Waals surface area (Å²) in [5, 5.41) is 2.76. The topological polar surface area (TPSA) is 58.6 Å². The van der Waals surface area contributed by atoms with Crippen LogP contribution in [0.3, 0.4) is 0 Å². The van der Waals surface area contributed by atoms with Crippen molar-refractivity contribution in [2.45, 2.75) is 27.2 Å². The van der Waals surface area contributed by atoms with Crippen LogP contribution in [0.2, 0.25) is 0 Å². The fourth-order valence-corrected chi connectivity index (χ4v) is 1.74. The zero-order valence-corrected chi connectivity index (χ0v) is 12.3. The van der Waals surface area contributed by atoms with Gasteiger partial charge in [-0.25, -0.2) is 0 Å². The minimum atomic E-state index is -0.166. The molecule has 0 spiro atoms. The number of nitrogens with one attached hydrogen (secondary N) is 1. The monoisotopic (exact) mass is 278 g/mol. The van der Waals surface area contributed by atoms with Crippen LogP contribution in [0.5, 0.6) is 5.75 Å². The van der Waals surface area contributed by atoms with Gasteiger partial charge in [-0.3, -0.25) is 9.59 Å². The van der Waals surface area contributed by atoms with Crippen LogP contribution in [-0.4, -0.2) is 31.5 Å². The Labute approximate surface area is 119 Å². The van der Waals surface area contributed by atoms with E-state index in [0.29, 0.717) is 18.8 Å². The van der Waals surface area contributed by atoms with Crippen molar-refractivity contribution in [2.24, 2.45) is 0 Å². The molecule has 1 aromatic carbocycles. The summed E-state index contributed by atoms with van der Waals surface area (Å²) >= 11 is 0. The average molecular weight is 278 g/mol. The second-order valence-electron chi connectivity index (χ2n) is 4.38. The molecule has 0 atom stereocenters. The molecule has 1 N–H and O–H groups in total. The van der Waals surface area contributed by atoms with E-state index >= 15 is 0 Å². The molecule has 1 rings (SSSR count). The van der Waals surface area contributed by atoms with E-state index in [9.17, 15) is 9.59 Å². The lowest BCUT2D eigenvalue weighted by atomic mass is 10.2. The fourth-order valence-electron chi connectivity index (χ4n) is 1.74. The molecule has 0 saturated carbocycles. The second-order valence-corrected chi connectivity index (χ2v) is 4.38. The van der Waals surface area contributed by atoms with E-state index in [1.165, 1.54) is 11.8 Å². The summed E-state index contributed by atoms with van der Waals surface area (Å²) in [6.07, 6.45) is 0.870. The van der Waals surface area contributed by atoms with Crippen molar-refractivity contribution in [1.29, 1.82) is 0 Å². The second kappa shape index (κ2) is 8.19. The molecular formula is C15H22N2O3. The molecule has 5 nitrogen and oxygen atoms in total. The van der Waals surface area contributed by atoms with Gasteiger partial charge in [0.1, 0.15) is 12.3 Å². The summed E-state index contributed by atoms with van der Waals surface area (Å²) in [6.45, 7) is 6.58. The van der Waals surface area contributed by atoms with Gasteiger partial charge in [0.05, 0.1) is 6.61 Å². The first-order chi connectivity index (χ1) is 9.58. The van der Waals surface area contributed by atoms with E-state index in [1.54, 1.807) is 24.3 Å². The number of anilines is 1. The molecule has 110 valence electrons. The van der Waals surface area contributed by atoms with Gasteiger partial charge in [-0.1, -0.05) is 6.92 Å². The molecule has 0 aromatic heterocycles. The summed E-state index contributed by atoms with van der Waals surface area (Å²) in [7, 11) is 0. The molecule has 0 saturated heterocycles. The van der Waals surface area contributed by atoms with Gasteiger partial charge in [0, 0.05) is 19.2 Å². The Kier molecular flexibility index (Phi) is 6.56. The lowest BCUT2D eigenvalue weighted by Crippen LogP contribution is -2.40. The van der Waals surface area contributed by atoms with Gasteiger partial charge in [0.25, 0.3) is 0 Å². The molecule has 2 amide bonds.